The monoisotopic (exact) mass is 403 g/mol. The molecule has 1 atom stereocenters. The van der Waals surface area contributed by atoms with Gasteiger partial charge in [0.05, 0.1) is 5.69 Å². The molecule has 0 saturated heterocycles. The molecule has 4 bridgehead atoms. The number of carbonyl (C=O) groups is 1. The molecule has 1 aromatic carbocycles. The molecule has 4 saturated carbocycles. The van der Waals surface area contributed by atoms with E-state index in [1.807, 2.05) is 6.92 Å². The average Bonchev–Trinajstić information content (AvgIpc) is 2.67. The molecule has 4 aliphatic carbocycles. The van der Waals surface area contributed by atoms with Crippen molar-refractivity contribution in [2.45, 2.75) is 51.5 Å². The molecular formula is C22H24F3N3O. The number of anilines is 1. The van der Waals surface area contributed by atoms with E-state index in [2.05, 4.69) is 10.6 Å². The van der Waals surface area contributed by atoms with Crippen LogP contribution in [0.5, 0.6) is 0 Å². The first-order chi connectivity index (χ1) is 13.8. The van der Waals surface area contributed by atoms with Crippen molar-refractivity contribution in [3.63, 3.8) is 0 Å². The highest BCUT2D eigenvalue weighted by Gasteiger charge is 2.53. The van der Waals surface area contributed by atoms with E-state index in [0.717, 1.165) is 55.3 Å². The molecule has 0 aliphatic heterocycles. The lowest BCUT2D eigenvalue weighted by molar-refractivity contribution is -0.122. The minimum atomic E-state index is -1.61. The Morgan fingerprint density at radius 2 is 1.72 bits per heavy atom. The summed E-state index contributed by atoms with van der Waals surface area (Å²) < 4.78 is 40.1. The summed E-state index contributed by atoms with van der Waals surface area (Å²) in [6, 6.07) is 3.51. The summed E-state index contributed by atoms with van der Waals surface area (Å²) in [4.78, 5) is 12.6. The largest absolute Gasteiger partial charge is 0.358 e. The number of hydrogen-bond donors (Lipinski definition) is 2. The minimum absolute atomic E-state index is 0.0693. The third-order valence-electron chi connectivity index (χ3n) is 7.12. The van der Waals surface area contributed by atoms with Crippen LogP contribution in [-0.4, -0.2) is 11.9 Å². The predicted molar refractivity (Wildman–Crippen MR) is 102 cm³/mol. The van der Waals surface area contributed by atoms with E-state index in [4.69, 9.17) is 0 Å². The van der Waals surface area contributed by atoms with Crippen molar-refractivity contribution in [1.29, 1.82) is 5.26 Å². The number of nitriles is 1. The number of nitrogens with zero attached hydrogens (tertiary/aromatic N) is 1. The van der Waals surface area contributed by atoms with E-state index in [1.54, 1.807) is 6.07 Å². The standard InChI is InChI=1S/C22H24F3N3O/c1-12(22-7-13-4-14(8-22)6-15(5-13)9-22)28-21(29)16(10-26)11-27-18-3-2-17(23)19(24)20(18)25/h2-3,11-15,27H,4-9H2,1H3,(H,28,29)/b16-11-. The van der Waals surface area contributed by atoms with Crippen LogP contribution in [0.3, 0.4) is 0 Å². The zero-order valence-corrected chi connectivity index (χ0v) is 16.3. The molecule has 5 rings (SSSR count). The van der Waals surface area contributed by atoms with Crippen LogP contribution >= 0.6 is 0 Å². The molecule has 2 N–H and O–H groups in total. The average molecular weight is 403 g/mol. The fourth-order valence-electron chi connectivity index (χ4n) is 6.07. The van der Waals surface area contributed by atoms with Gasteiger partial charge in [0.2, 0.25) is 0 Å². The lowest BCUT2D eigenvalue weighted by atomic mass is 9.48. The van der Waals surface area contributed by atoms with Gasteiger partial charge in [0.1, 0.15) is 11.6 Å². The zero-order chi connectivity index (χ0) is 20.8. The molecule has 0 aromatic heterocycles. The van der Waals surface area contributed by atoms with Crippen LogP contribution in [0.1, 0.15) is 45.4 Å². The van der Waals surface area contributed by atoms with E-state index in [0.29, 0.717) is 0 Å². The van der Waals surface area contributed by atoms with Gasteiger partial charge in [-0.05, 0) is 80.8 Å². The van der Waals surface area contributed by atoms with E-state index < -0.39 is 23.4 Å². The van der Waals surface area contributed by atoms with Gasteiger partial charge < -0.3 is 10.6 Å². The molecule has 1 amide bonds. The van der Waals surface area contributed by atoms with Crippen LogP contribution in [0.25, 0.3) is 0 Å². The zero-order valence-electron chi connectivity index (χ0n) is 16.3. The summed E-state index contributed by atoms with van der Waals surface area (Å²) in [6.07, 6.45) is 8.27. The van der Waals surface area contributed by atoms with Gasteiger partial charge in [-0.1, -0.05) is 0 Å². The third kappa shape index (κ3) is 3.61. The molecule has 4 fully saturated rings. The molecule has 0 radical (unpaired) electrons. The number of halogens is 3. The third-order valence-corrected chi connectivity index (χ3v) is 7.12. The van der Waals surface area contributed by atoms with Crippen molar-refractivity contribution < 1.29 is 18.0 Å². The quantitative estimate of drug-likeness (QED) is 0.428. The summed E-state index contributed by atoms with van der Waals surface area (Å²) in [6.45, 7) is 2.00. The van der Waals surface area contributed by atoms with Crippen LogP contribution in [0, 0.1) is 52.0 Å². The number of amides is 1. The predicted octanol–water partition coefficient (Wildman–Crippen LogP) is 4.64. The first-order valence-electron chi connectivity index (χ1n) is 10.1. The van der Waals surface area contributed by atoms with Crippen molar-refractivity contribution >= 4 is 11.6 Å². The normalized spacial score (nSPS) is 31.3. The fourth-order valence-corrected chi connectivity index (χ4v) is 6.07. The van der Waals surface area contributed by atoms with E-state index >= 15 is 0 Å². The Morgan fingerprint density at radius 1 is 1.14 bits per heavy atom. The van der Waals surface area contributed by atoms with Gasteiger partial charge in [0, 0.05) is 12.2 Å². The summed E-state index contributed by atoms with van der Waals surface area (Å²) in [5.74, 6) is -2.65. The topological polar surface area (TPSA) is 64.9 Å². The molecule has 4 aliphatic rings. The highest BCUT2D eigenvalue weighted by molar-refractivity contribution is 5.97. The summed E-state index contributed by atoms with van der Waals surface area (Å²) in [7, 11) is 0. The molecule has 0 spiro atoms. The Morgan fingerprint density at radius 3 is 2.28 bits per heavy atom. The second-order valence-electron chi connectivity index (χ2n) is 9.01. The molecule has 154 valence electrons. The Bertz CT molecular complexity index is 870. The van der Waals surface area contributed by atoms with E-state index in [9.17, 15) is 23.2 Å². The van der Waals surface area contributed by atoms with E-state index in [1.165, 1.54) is 19.3 Å². The van der Waals surface area contributed by atoms with Crippen LogP contribution in [0.15, 0.2) is 23.9 Å². The second-order valence-corrected chi connectivity index (χ2v) is 9.01. The molecule has 1 unspecified atom stereocenters. The lowest BCUT2D eigenvalue weighted by Crippen LogP contribution is -2.56. The van der Waals surface area contributed by atoms with Gasteiger partial charge in [-0.15, -0.1) is 0 Å². The van der Waals surface area contributed by atoms with Gasteiger partial charge in [0.25, 0.3) is 5.91 Å². The SMILES string of the molecule is CC(NC(=O)/C(C#N)=C\Nc1ccc(F)c(F)c1F)C12CC3CC(CC(C3)C1)C2. The number of hydrogen-bond acceptors (Lipinski definition) is 3. The van der Waals surface area contributed by atoms with Gasteiger partial charge >= 0.3 is 0 Å². The molecule has 7 heteroatoms. The maximum Gasteiger partial charge on any atom is 0.263 e. The molecule has 4 nitrogen and oxygen atoms in total. The number of nitrogens with one attached hydrogen (secondary N) is 2. The second kappa shape index (κ2) is 7.40. The fraction of sp³-hybridized carbons (Fsp3) is 0.545. The maximum atomic E-state index is 13.8. The first-order valence-corrected chi connectivity index (χ1v) is 10.1. The Labute approximate surface area is 168 Å². The number of rotatable bonds is 5. The Balaban J connectivity index is 1.45. The summed E-state index contributed by atoms with van der Waals surface area (Å²) in [5.41, 5.74) is -0.505. The van der Waals surface area contributed by atoms with Crippen LogP contribution in [0.2, 0.25) is 0 Å². The number of benzene rings is 1. The van der Waals surface area contributed by atoms with Gasteiger partial charge in [-0.2, -0.15) is 5.26 Å². The van der Waals surface area contributed by atoms with Crippen LogP contribution in [-0.2, 0) is 4.79 Å². The molecule has 0 heterocycles. The maximum absolute atomic E-state index is 13.8. The van der Waals surface area contributed by atoms with Gasteiger partial charge in [-0.25, -0.2) is 13.2 Å². The Kier molecular flexibility index (Phi) is 5.05. The van der Waals surface area contributed by atoms with Gasteiger partial charge in [0.15, 0.2) is 17.5 Å². The lowest BCUT2D eigenvalue weighted by Gasteiger charge is -2.59. The van der Waals surface area contributed by atoms with E-state index in [-0.39, 0.29) is 22.7 Å². The highest BCUT2D eigenvalue weighted by Crippen LogP contribution is 2.61. The van der Waals surface area contributed by atoms with Crippen LogP contribution < -0.4 is 10.6 Å². The molecular weight excluding hydrogens is 379 g/mol. The van der Waals surface area contributed by atoms with Crippen molar-refractivity contribution in [1.82, 2.24) is 5.32 Å². The van der Waals surface area contributed by atoms with Crippen molar-refractivity contribution in [3.05, 3.63) is 41.4 Å². The van der Waals surface area contributed by atoms with Crippen LogP contribution in [0.4, 0.5) is 18.9 Å². The van der Waals surface area contributed by atoms with Crippen molar-refractivity contribution in [2.24, 2.45) is 23.2 Å². The first kappa shape index (κ1) is 19.8. The summed E-state index contributed by atoms with van der Waals surface area (Å²) >= 11 is 0. The Hall–Kier alpha value is -2.49. The van der Waals surface area contributed by atoms with Crippen molar-refractivity contribution in [2.75, 3.05) is 5.32 Å². The summed E-state index contributed by atoms with van der Waals surface area (Å²) in [5, 5.41) is 14.7. The van der Waals surface area contributed by atoms with Crippen molar-refractivity contribution in [3.8, 4) is 6.07 Å². The van der Waals surface area contributed by atoms with Gasteiger partial charge in [-0.3, -0.25) is 4.79 Å². The highest BCUT2D eigenvalue weighted by atomic mass is 19.2. The minimum Gasteiger partial charge on any atom is -0.358 e. The molecule has 1 aromatic rings. The molecule has 29 heavy (non-hydrogen) atoms. The smallest absolute Gasteiger partial charge is 0.263 e. The number of carbonyl (C=O) groups excluding carboxylic acids is 1.